The highest BCUT2D eigenvalue weighted by Crippen LogP contribution is 2.22. The van der Waals surface area contributed by atoms with Crippen LogP contribution >= 0.6 is 12.2 Å². The first-order chi connectivity index (χ1) is 12.2. The van der Waals surface area contributed by atoms with Crippen LogP contribution in [-0.2, 0) is 4.74 Å². The molecule has 1 aromatic rings. The van der Waals surface area contributed by atoms with Crippen LogP contribution in [0.1, 0.15) is 18.9 Å². The minimum absolute atomic E-state index is 0.119. The lowest BCUT2D eigenvalue weighted by Gasteiger charge is -2.23. The zero-order chi connectivity index (χ0) is 17.9. The van der Waals surface area contributed by atoms with Gasteiger partial charge in [-0.2, -0.15) is 5.10 Å². The normalized spacial score (nSPS) is 15.2. The Morgan fingerprint density at radius 2 is 2.24 bits per heavy atom. The van der Waals surface area contributed by atoms with Crippen molar-refractivity contribution in [2.45, 2.75) is 13.3 Å². The minimum Gasteiger partial charge on any atom is -0.507 e. The van der Waals surface area contributed by atoms with E-state index in [1.807, 2.05) is 6.92 Å². The fraction of sp³-hybridized carbons (Fsp3) is 0.529. The molecule has 7 nitrogen and oxygen atoms in total. The van der Waals surface area contributed by atoms with Crippen LogP contribution in [0.15, 0.2) is 23.3 Å². The lowest BCUT2D eigenvalue weighted by atomic mass is 10.2. The summed E-state index contributed by atoms with van der Waals surface area (Å²) in [6.07, 6.45) is 2.45. The Hall–Kier alpha value is -1.90. The summed E-state index contributed by atoms with van der Waals surface area (Å²) in [5.74, 6) is 0.765. The van der Waals surface area contributed by atoms with Gasteiger partial charge in [0.05, 0.1) is 39.1 Å². The third kappa shape index (κ3) is 7.25. The highest BCUT2D eigenvalue weighted by Gasteiger charge is 2.12. The van der Waals surface area contributed by atoms with E-state index >= 15 is 0 Å². The molecule has 1 fully saturated rings. The van der Waals surface area contributed by atoms with Crippen LogP contribution in [0.3, 0.4) is 0 Å². The molecule has 0 aromatic heterocycles. The van der Waals surface area contributed by atoms with Gasteiger partial charge in [-0.25, -0.2) is 0 Å². The Labute approximate surface area is 154 Å². The number of nitrogens with one attached hydrogen (secondary N) is 3. The average Bonchev–Trinajstić information content (AvgIpc) is 2.62. The van der Waals surface area contributed by atoms with E-state index in [4.69, 9.17) is 21.7 Å². The predicted molar refractivity (Wildman–Crippen MR) is 102 cm³/mol. The largest absolute Gasteiger partial charge is 0.507 e. The third-order valence-electron chi connectivity index (χ3n) is 3.81. The van der Waals surface area contributed by atoms with E-state index in [1.54, 1.807) is 18.2 Å². The average molecular weight is 367 g/mol. The topological polar surface area (TPSA) is 79.5 Å². The maximum Gasteiger partial charge on any atom is 0.187 e. The van der Waals surface area contributed by atoms with Gasteiger partial charge in [-0.05, 0) is 30.8 Å². The number of nitrogens with zero attached hydrogens (tertiary/aromatic N) is 1. The van der Waals surface area contributed by atoms with Gasteiger partial charge >= 0.3 is 0 Å². The molecule has 1 aliphatic heterocycles. The molecule has 1 heterocycles. The van der Waals surface area contributed by atoms with E-state index in [0.717, 1.165) is 45.8 Å². The summed E-state index contributed by atoms with van der Waals surface area (Å²) in [6, 6.07) is 5.14. The maximum absolute atomic E-state index is 9.98. The zero-order valence-electron chi connectivity index (χ0n) is 14.6. The van der Waals surface area contributed by atoms with E-state index in [1.165, 1.54) is 11.1 Å². The fourth-order valence-electron chi connectivity index (χ4n) is 2.41. The highest BCUT2D eigenvalue weighted by atomic mass is 32.1. The number of phenols is 1. The van der Waals surface area contributed by atoms with Crippen molar-refractivity contribution in [1.82, 2.24) is 10.7 Å². The van der Waals surface area contributed by atoms with Crippen LogP contribution < -0.4 is 20.4 Å². The minimum atomic E-state index is 0.119. The number of rotatable bonds is 8. The van der Waals surface area contributed by atoms with Gasteiger partial charge in [0.1, 0.15) is 24.6 Å². The van der Waals surface area contributed by atoms with E-state index in [0.29, 0.717) is 23.0 Å². The van der Waals surface area contributed by atoms with Crippen LogP contribution in [-0.4, -0.2) is 62.4 Å². The van der Waals surface area contributed by atoms with Gasteiger partial charge in [0.25, 0.3) is 0 Å². The molecule has 0 atom stereocenters. The van der Waals surface area contributed by atoms with E-state index in [-0.39, 0.29) is 5.75 Å². The molecule has 0 amide bonds. The Bertz CT molecular complexity index is 577. The van der Waals surface area contributed by atoms with Crippen LogP contribution in [0.4, 0.5) is 0 Å². The van der Waals surface area contributed by atoms with Crippen molar-refractivity contribution < 1.29 is 19.5 Å². The number of ether oxygens (including phenoxy) is 2. The highest BCUT2D eigenvalue weighted by molar-refractivity contribution is 7.80. The molecule has 0 unspecified atom stereocenters. The number of phenolic OH excluding ortho intramolecular Hbond substituents is 1. The molecule has 1 aliphatic rings. The lowest BCUT2D eigenvalue weighted by molar-refractivity contribution is -0.906. The standard InChI is InChI=1S/C17H26N4O3S/c1-2-9-24-15-4-3-14(16(22)12-15)13-19-20-17(25)18-5-6-21-7-10-23-11-8-21/h3-4,12-13,22H,2,5-11H2,1H3,(H2,18,20,25)/p+1/b19-13+. The molecule has 8 heteroatoms. The van der Waals surface area contributed by atoms with Gasteiger partial charge in [-0.15, -0.1) is 0 Å². The van der Waals surface area contributed by atoms with Gasteiger partial charge in [-0.3, -0.25) is 5.43 Å². The number of quaternary nitrogens is 1. The van der Waals surface area contributed by atoms with Crippen LogP contribution in [0.25, 0.3) is 0 Å². The Morgan fingerprint density at radius 1 is 1.44 bits per heavy atom. The molecule has 0 saturated carbocycles. The quantitative estimate of drug-likeness (QED) is 0.292. The number of hydrogen-bond donors (Lipinski definition) is 4. The van der Waals surface area contributed by atoms with Crippen LogP contribution in [0, 0.1) is 0 Å². The summed E-state index contributed by atoms with van der Waals surface area (Å²) in [4.78, 5) is 1.51. The Kier molecular flexibility index (Phi) is 8.44. The number of aromatic hydroxyl groups is 1. The molecule has 0 spiro atoms. The van der Waals surface area contributed by atoms with Crippen molar-refractivity contribution >= 4 is 23.5 Å². The molecular formula is C17H27N4O3S+. The lowest BCUT2D eigenvalue weighted by Crippen LogP contribution is -3.14. The van der Waals surface area contributed by atoms with Crippen molar-refractivity contribution in [2.75, 3.05) is 46.0 Å². The summed E-state index contributed by atoms with van der Waals surface area (Å²) >= 11 is 5.19. The second kappa shape index (κ2) is 10.9. The molecular weight excluding hydrogens is 340 g/mol. The molecule has 2 rings (SSSR count). The second-order valence-corrected chi connectivity index (χ2v) is 6.22. The van der Waals surface area contributed by atoms with Crippen LogP contribution in [0.2, 0.25) is 0 Å². The number of hydrazone groups is 1. The molecule has 1 aromatic carbocycles. The van der Waals surface area contributed by atoms with Gasteiger partial charge in [0.15, 0.2) is 5.11 Å². The monoisotopic (exact) mass is 367 g/mol. The molecule has 25 heavy (non-hydrogen) atoms. The van der Waals surface area contributed by atoms with E-state index in [2.05, 4.69) is 15.8 Å². The first-order valence-corrected chi connectivity index (χ1v) is 9.04. The van der Waals surface area contributed by atoms with Crippen molar-refractivity contribution in [1.29, 1.82) is 0 Å². The van der Waals surface area contributed by atoms with E-state index in [9.17, 15) is 5.11 Å². The molecule has 4 N–H and O–H groups in total. The summed E-state index contributed by atoms with van der Waals surface area (Å²) in [5.41, 5.74) is 3.35. The van der Waals surface area contributed by atoms with E-state index < -0.39 is 0 Å². The Morgan fingerprint density at radius 3 is 2.96 bits per heavy atom. The first-order valence-electron chi connectivity index (χ1n) is 8.63. The number of hydrogen-bond acceptors (Lipinski definition) is 5. The maximum atomic E-state index is 9.98. The fourth-order valence-corrected chi connectivity index (χ4v) is 2.56. The predicted octanol–water partition coefficient (Wildman–Crippen LogP) is -0.106. The second-order valence-electron chi connectivity index (χ2n) is 5.81. The van der Waals surface area contributed by atoms with Gasteiger partial charge in [-0.1, -0.05) is 6.92 Å². The molecule has 0 radical (unpaired) electrons. The zero-order valence-corrected chi connectivity index (χ0v) is 15.4. The summed E-state index contributed by atoms with van der Waals surface area (Å²) in [5, 5.41) is 17.6. The van der Waals surface area contributed by atoms with Crippen molar-refractivity contribution in [3.8, 4) is 11.5 Å². The van der Waals surface area contributed by atoms with Gasteiger partial charge < -0.3 is 24.8 Å². The Balaban J connectivity index is 1.69. The summed E-state index contributed by atoms with van der Waals surface area (Å²) in [6.45, 7) is 8.17. The number of thiocarbonyl (C=S) groups is 1. The SMILES string of the molecule is CCCOc1ccc(/C=N/NC(=S)NCC[NH+]2CCOCC2)c(O)c1. The smallest absolute Gasteiger partial charge is 0.187 e. The summed E-state index contributed by atoms with van der Waals surface area (Å²) < 4.78 is 10.8. The third-order valence-corrected chi connectivity index (χ3v) is 4.04. The van der Waals surface area contributed by atoms with Gasteiger partial charge in [0, 0.05) is 11.6 Å². The first kappa shape index (κ1) is 19.4. The molecule has 1 saturated heterocycles. The van der Waals surface area contributed by atoms with Crippen molar-refractivity contribution in [3.63, 3.8) is 0 Å². The van der Waals surface area contributed by atoms with Crippen LogP contribution in [0.5, 0.6) is 11.5 Å². The number of benzene rings is 1. The summed E-state index contributed by atoms with van der Waals surface area (Å²) in [7, 11) is 0. The van der Waals surface area contributed by atoms with Crippen molar-refractivity contribution in [3.05, 3.63) is 23.8 Å². The number of morpholine rings is 1. The molecule has 138 valence electrons. The molecule has 0 bridgehead atoms. The van der Waals surface area contributed by atoms with Crippen molar-refractivity contribution in [2.24, 2.45) is 5.10 Å². The molecule has 0 aliphatic carbocycles. The van der Waals surface area contributed by atoms with Gasteiger partial charge in [0.2, 0.25) is 0 Å².